The number of ether oxygens (including phenoxy) is 1. The summed E-state index contributed by atoms with van der Waals surface area (Å²) in [6.45, 7) is 1.67. The average Bonchev–Trinajstić information content (AvgIpc) is 2.62. The van der Waals surface area contributed by atoms with Crippen LogP contribution in [0.15, 0.2) is 42.7 Å². The monoisotopic (exact) mass is 311 g/mol. The van der Waals surface area contributed by atoms with E-state index in [1.165, 1.54) is 0 Å². The van der Waals surface area contributed by atoms with Gasteiger partial charge in [-0.05, 0) is 36.6 Å². The summed E-state index contributed by atoms with van der Waals surface area (Å²) in [6, 6.07) is 10.0. The lowest BCUT2D eigenvalue weighted by Crippen LogP contribution is -2.38. The molecule has 0 radical (unpaired) electrons. The Balaban J connectivity index is 1.85. The van der Waals surface area contributed by atoms with Crippen molar-refractivity contribution in [2.75, 3.05) is 25.1 Å². The number of methoxy groups -OCH3 is 1. The molecule has 0 saturated carbocycles. The summed E-state index contributed by atoms with van der Waals surface area (Å²) >= 11 is 0. The fourth-order valence-corrected chi connectivity index (χ4v) is 3.06. The van der Waals surface area contributed by atoms with E-state index >= 15 is 0 Å². The Hall–Kier alpha value is -2.56. The molecule has 1 fully saturated rings. The SMILES string of the molecule is COc1ccc(-c2cnccc2N2CCC(C(N)=O)CC2)cc1. The van der Waals surface area contributed by atoms with Crippen molar-refractivity contribution in [1.82, 2.24) is 4.98 Å². The molecule has 0 unspecified atom stereocenters. The lowest BCUT2D eigenvalue weighted by atomic mass is 9.95. The van der Waals surface area contributed by atoms with Crippen molar-refractivity contribution in [2.24, 2.45) is 11.7 Å². The number of nitrogens with zero attached hydrogens (tertiary/aromatic N) is 2. The van der Waals surface area contributed by atoms with Crippen LogP contribution in [-0.2, 0) is 4.79 Å². The summed E-state index contributed by atoms with van der Waals surface area (Å²) in [5.41, 5.74) is 8.76. The summed E-state index contributed by atoms with van der Waals surface area (Å²) in [5.74, 6) is 0.647. The molecule has 0 atom stereocenters. The molecule has 120 valence electrons. The van der Waals surface area contributed by atoms with Crippen LogP contribution in [0.4, 0.5) is 5.69 Å². The number of primary amides is 1. The number of nitrogens with two attached hydrogens (primary N) is 1. The third kappa shape index (κ3) is 3.28. The number of aromatic nitrogens is 1. The number of amides is 1. The first-order valence-electron chi connectivity index (χ1n) is 7.81. The molecule has 1 aromatic carbocycles. The van der Waals surface area contributed by atoms with Gasteiger partial charge < -0.3 is 15.4 Å². The van der Waals surface area contributed by atoms with Gasteiger partial charge in [-0.2, -0.15) is 0 Å². The van der Waals surface area contributed by atoms with E-state index in [9.17, 15) is 4.79 Å². The Morgan fingerprint density at radius 3 is 2.52 bits per heavy atom. The summed E-state index contributed by atoms with van der Waals surface area (Å²) in [7, 11) is 1.66. The lowest BCUT2D eigenvalue weighted by molar-refractivity contribution is -0.122. The molecule has 2 N–H and O–H groups in total. The molecule has 23 heavy (non-hydrogen) atoms. The summed E-state index contributed by atoms with van der Waals surface area (Å²) in [5, 5.41) is 0. The van der Waals surface area contributed by atoms with Gasteiger partial charge in [0.1, 0.15) is 5.75 Å². The number of pyridine rings is 1. The van der Waals surface area contributed by atoms with Crippen LogP contribution in [0.25, 0.3) is 11.1 Å². The highest BCUT2D eigenvalue weighted by Gasteiger charge is 2.24. The Labute approximate surface area is 136 Å². The van der Waals surface area contributed by atoms with Gasteiger partial charge in [-0.25, -0.2) is 0 Å². The quantitative estimate of drug-likeness (QED) is 0.942. The molecular formula is C18H21N3O2. The number of piperidine rings is 1. The van der Waals surface area contributed by atoms with E-state index < -0.39 is 0 Å². The molecule has 0 aliphatic carbocycles. The first kappa shape index (κ1) is 15.3. The van der Waals surface area contributed by atoms with Gasteiger partial charge in [0.25, 0.3) is 0 Å². The number of hydrogen-bond donors (Lipinski definition) is 1. The molecule has 0 bridgehead atoms. The topological polar surface area (TPSA) is 68.4 Å². The molecule has 1 aromatic heterocycles. The molecule has 1 saturated heterocycles. The zero-order chi connectivity index (χ0) is 16.2. The second kappa shape index (κ2) is 6.69. The Kier molecular flexibility index (Phi) is 4.46. The van der Waals surface area contributed by atoms with E-state index in [1.54, 1.807) is 7.11 Å². The van der Waals surface area contributed by atoms with Crippen molar-refractivity contribution in [1.29, 1.82) is 0 Å². The van der Waals surface area contributed by atoms with E-state index in [-0.39, 0.29) is 11.8 Å². The zero-order valence-electron chi connectivity index (χ0n) is 13.2. The lowest BCUT2D eigenvalue weighted by Gasteiger charge is -2.33. The Morgan fingerprint density at radius 1 is 1.22 bits per heavy atom. The average molecular weight is 311 g/mol. The van der Waals surface area contributed by atoms with Gasteiger partial charge in [-0.1, -0.05) is 12.1 Å². The highest BCUT2D eigenvalue weighted by atomic mass is 16.5. The van der Waals surface area contributed by atoms with E-state index in [0.29, 0.717) is 0 Å². The molecule has 5 nitrogen and oxygen atoms in total. The molecule has 1 amide bonds. The maximum Gasteiger partial charge on any atom is 0.220 e. The van der Waals surface area contributed by atoms with Gasteiger partial charge >= 0.3 is 0 Å². The van der Waals surface area contributed by atoms with Gasteiger partial charge in [0.2, 0.25) is 5.91 Å². The van der Waals surface area contributed by atoms with Gasteiger partial charge in [-0.3, -0.25) is 9.78 Å². The smallest absolute Gasteiger partial charge is 0.220 e. The summed E-state index contributed by atoms with van der Waals surface area (Å²) in [4.78, 5) is 17.9. The van der Waals surface area contributed by atoms with Gasteiger partial charge in [0.15, 0.2) is 0 Å². The van der Waals surface area contributed by atoms with Crippen LogP contribution in [0.5, 0.6) is 5.75 Å². The van der Waals surface area contributed by atoms with Crippen LogP contribution in [0.1, 0.15) is 12.8 Å². The minimum atomic E-state index is -0.185. The third-order valence-corrected chi connectivity index (χ3v) is 4.44. The number of hydrogen-bond acceptors (Lipinski definition) is 4. The van der Waals surface area contributed by atoms with Crippen LogP contribution in [0, 0.1) is 5.92 Å². The second-order valence-electron chi connectivity index (χ2n) is 5.79. The van der Waals surface area contributed by atoms with Crippen LogP contribution in [-0.4, -0.2) is 31.1 Å². The van der Waals surface area contributed by atoms with Crippen LogP contribution >= 0.6 is 0 Å². The molecular weight excluding hydrogens is 290 g/mol. The Bertz CT molecular complexity index is 677. The number of benzene rings is 1. The maximum atomic E-state index is 11.3. The van der Waals surface area contributed by atoms with E-state index in [4.69, 9.17) is 10.5 Å². The standard InChI is InChI=1S/C18H21N3O2/c1-23-15-4-2-13(3-5-15)16-12-20-9-6-17(16)21-10-7-14(8-11-21)18(19)22/h2-6,9,12,14H,7-8,10-11H2,1H3,(H2,19,22). The number of carbonyl (C=O) groups is 1. The third-order valence-electron chi connectivity index (χ3n) is 4.44. The first-order valence-corrected chi connectivity index (χ1v) is 7.81. The van der Waals surface area contributed by atoms with Gasteiger partial charge in [0, 0.05) is 42.7 Å². The van der Waals surface area contributed by atoms with Crippen molar-refractivity contribution in [2.45, 2.75) is 12.8 Å². The highest BCUT2D eigenvalue weighted by molar-refractivity contribution is 5.79. The van der Waals surface area contributed by atoms with E-state index in [2.05, 4.69) is 9.88 Å². The molecule has 1 aliphatic rings. The summed E-state index contributed by atoms with van der Waals surface area (Å²) < 4.78 is 5.22. The fourth-order valence-electron chi connectivity index (χ4n) is 3.06. The molecule has 1 aliphatic heterocycles. The normalized spacial score (nSPS) is 15.4. The van der Waals surface area contributed by atoms with Crippen LogP contribution < -0.4 is 15.4 Å². The number of anilines is 1. The van der Waals surface area contributed by atoms with Crippen LogP contribution in [0.2, 0.25) is 0 Å². The second-order valence-corrected chi connectivity index (χ2v) is 5.79. The van der Waals surface area contributed by atoms with Crippen molar-refractivity contribution in [3.63, 3.8) is 0 Å². The predicted octanol–water partition coefficient (Wildman–Crippen LogP) is 2.46. The molecule has 2 aromatic rings. The predicted molar refractivity (Wildman–Crippen MR) is 90.4 cm³/mol. The number of carbonyl (C=O) groups excluding carboxylic acids is 1. The number of rotatable bonds is 4. The maximum absolute atomic E-state index is 11.3. The van der Waals surface area contributed by atoms with E-state index in [1.807, 2.05) is 42.7 Å². The van der Waals surface area contributed by atoms with Crippen molar-refractivity contribution in [3.8, 4) is 16.9 Å². The van der Waals surface area contributed by atoms with Crippen LogP contribution in [0.3, 0.4) is 0 Å². The minimum Gasteiger partial charge on any atom is -0.497 e. The first-order chi connectivity index (χ1) is 11.2. The Morgan fingerprint density at radius 2 is 1.91 bits per heavy atom. The van der Waals surface area contributed by atoms with Crippen molar-refractivity contribution in [3.05, 3.63) is 42.7 Å². The van der Waals surface area contributed by atoms with E-state index in [0.717, 1.165) is 48.5 Å². The molecule has 3 rings (SSSR count). The summed E-state index contributed by atoms with van der Waals surface area (Å²) in [6.07, 6.45) is 5.30. The largest absolute Gasteiger partial charge is 0.497 e. The minimum absolute atomic E-state index is 0.00229. The zero-order valence-corrected chi connectivity index (χ0v) is 13.2. The van der Waals surface area contributed by atoms with Crippen molar-refractivity contribution >= 4 is 11.6 Å². The van der Waals surface area contributed by atoms with Gasteiger partial charge in [0.05, 0.1) is 7.11 Å². The fraction of sp³-hybridized carbons (Fsp3) is 0.333. The van der Waals surface area contributed by atoms with Crippen molar-refractivity contribution < 1.29 is 9.53 Å². The van der Waals surface area contributed by atoms with Gasteiger partial charge in [-0.15, -0.1) is 0 Å². The highest BCUT2D eigenvalue weighted by Crippen LogP contribution is 2.33. The molecule has 0 spiro atoms. The molecule has 5 heteroatoms. The molecule has 2 heterocycles.